The summed E-state index contributed by atoms with van der Waals surface area (Å²) in [6.07, 6.45) is 0. The molecule has 0 saturated carbocycles. The van der Waals surface area contributed by atoms with Crippen LogP contribution in [0.4, 0.5) is 0 Å². The molecule has 0 aliphatic rings. The van der Waals surface area contributed by atoms with Gasteiger partial charge in [0.25, 0.3) is 0 Å². The second-order valence-corrected chi connectivity index (χ2v) is 3.58. The second kappa shape index (κ2) is 3.84. The molecule has 0 atom stereocenters. The predicted octanol–water partition coefficient (Wildman–Crippen LogP) is 1.71. The molecule has 0 heterocycles. The summed E-state index contributed by atoms with van der Waals surface area (Å²) in [5, 5.41) is 27.6. The van der Waals surface area contributed by atoms with Crippen LogP contribution >= 0.6 is 0 Å². The predicted molar refractivity (Wildman–Crippen MR) is 56.2 cm³/mol. The maximum absolute atomic E-state index is 11.0. The van der Waals surface area contributed by atoms with E-state index < -0.39 is 11.9 Å². The van der Waals surface area contributed by atoms with Crippen molar-refractivity contribution in [3.63, 3.8) is 0 Å². The third-order valence-corrected chi connectivity index (χ3v) is 2.70. The van der Waals surface area contributed by atoms with Crippen LogP contribution in [-0.2, 0) is 0 Å². The SMILES string of the molecule is Cc1c(C)c(C(=O)O)c(C(=O)O)c(C)c1O. The minimum absolute atomic E-state index is 0.0769. The number of phenols is 1. The average molecular weight is 224 g/mol. The molecule has 0 saturated heterocycles. The summed E-state index contributed by atoms with van der Waals surface area (Å²) >= 11 is 0. The molecule has 0 spiro atoms. The van der Waals surface area contributed by atoms with Gasteiger partial charge in [0.05, 0.1) is 11.1 Å². The van der Waals surface area contributed by atoms with Crippen molar-refractivity contribution >= 4 is 11.9 Å². The van der Waals surface area contributed by atoms with E-state index in [2.05, 4.69) is 0 Å². The van der Waals surface area contributed by atoms with E-state index in [0.29, 0.717) is 5.56 Å². The van der Waals surface area contributed by atoms with Crippen molar-refractivity contribution in [2.75, 3.05) is 0 Å². The Morgan fingerprint density at radius 1 is 0.812 bits per heavy atom. The first-order valence-electron chi connectivity index (χ1n) is 4.58. The van der Waals surface area contributed by atoms with Crippen LogP contribution in [-0.4, -0.2) is 27.3 Å². The number of rotatable bonds is 2. The lowest BCUT2D eigenvalue weighted by atomic mass is 9.92. The van der Waals surface area contributed by atoms with Crippen LogP contribution in [0.5, 0.6) is 5.75 Å². The molecule has 0 radical (unpaired) electrons. The summed E-state index contributed by atoms with van der Waals surface area (Å²) in [6, 6.07) is 0. The molecule has 0 amide bonds. The fourth-order valence-corrected chi connectivity index (χ4v) is 1.67. The fourth-order valence-electron chi connectivity index (χ4n) is 1.67. The molecule has 0 fully saturated rings. The number of carboxylic acids is 2. The quantitative estimate of drug-likeness (QED) is 0.710. The van der Waals surface area contributed by atoms with Gasteiger partial charge in [0.2, 0.25) is 0 Å². The molecule has 1 rings (SSSR count). The summed E-state index contributed by atoms with van der Waals surface area (Å²) < 4.78 is 0. The molecule has 86 valence electrons. The molecule has 0 aliphatic heterocycles. The molecule has 5 heteroatoms. The van der Waals surface area contributed by atoms with Crippen molar-refractivity contribution in [2.45, 2.75) is 20.8 Å². The summed E-state index contributed by atoms with van der Waals surface area (Å²) in [5.74, 6) is -2.82. The average Bonchev–Trinajstić information content (AvgIpc) is 2.18. The Balaban J connectivity index is 3.83. The molecule has 1 aromatic rings. The number of carbonyl (C=O) groups is 2. The molecule has 0 aromatic heterocycles. The van der Waals surface area contributed by atoms with Crippen molar-refractivity contribution in [1.82, 2.24) is 0 Å². The molecule has 0 unspecified atom stereocenters. The van der Waals surface area contributed by atoms with Gasteiger partial charge in [0, 0.05) is 5.56 Å². The summed E-state index contributed by atoms with van der Waals surface area (Å²) in [6.45, 7) is 4.41. The van der Waals surface area contributed by atoms with Gasteiger partial charge >= 0.3 is 11.9 Å². The van der Waals surface area contributed by atoms with E-state index in [0.717, 1.165) is 0 Å². The first-order valence-corrected chi connectivity index (χ1v) is 4.58. The molecular weight excluding hydrogens is 212 g/mol. The van der Waals surface area contributed by atoms with Crippen LogP contribution in [0.3, 0.4) is 0 Å². The number of benzene rings is 1. The Hall–Kier alpha value is -2.04. The van der Waals surface area contributed by atoms with E-state index in [4.69, 9.17) is 10.2 Å². The largest absolute Gasteiger partial charge is 0.507 e. The first kappa shape index (κ1) is 12.0. The fraction of sp³-hybridized carbons (Fsp3) is 0.273. The van der Waals surface area contributed by atoms with Gasteiger partial charge in [-0.1, -0.05) is 0 Å². The van der Waals surface area contributed by atoms with Crippen LogP contribution in [0.25, 0.3) is 0 Å². The molecule has 1 aromatic carbocycles. The van der Waals surface area contributed by atoms with Crippen LogP contribution in [0, 0.1) is 20.8 Å². The zero-order valence-electron chi connectivity index (χ0n) is 9.16. The number of hydrogen-bond acceptors (Lipinski definition) is 3. The van der Waals surface area contributed by atoms with E-state index in [1.54, 1.807) is 6.92 Å². The second-order valence-electron chi connectivity index (χ2n) is 3.58. The van der Waals surface area contributed by atoms with Crippen LogP contribution in [0.1, 0.15) is 37.4 Å². The summed E-state index contributed by atoms with van der Waals surface area (Å²) in [5.41, 5.74) is 0.120. The Kier molecular flexibility index (Phi) is 2.89. The number of aromatic carboxylic acids is 2. The highest BCUT2D eigenvalue weighted by molar-refractivity contribution is 6.04. The van der Waals surface area contributed by atoms with E-state index in [1.807, 2.05) is 0 Å². The van der Waals surface area contributed by atoms with Crippen molar-refractivity contribution in [1.29, 1.82) is 0 Å². The van der Waals surface area contributed by atoms with Gasteiger partial charge in [-0.3, -0.25) is 0 Å². The van der Waals surface area contributed by atoms with Crippen LogP contribution in [0.2, 0.25) is 0 Å². The molecule has 0 bridgehead atoms. The smallest absolute Gasteiger partial charge is 0.336 e. The Bertz CT molecular complexity index is 443. The lowest BCUT2D eigenvalue weighted by Crippen LogP contribution is -2.13. The third kappa shape index (κ3) is 1.60. The number of aromatic hydroxyl groups is 1. The Labute approximate surface area is 92.0 Å². The van der Waals surface area contributed by atoms with E-state index in [9.17, 15) is 14.7 Å². The highest BCUT2D eigenvalue weighted by atomic mass is 16.4. The van der Waals surface area contributed by atoms with Gasteiger partial charge in [-0.05, 0) is 31.9 Å². The molecule has 0 aliphatic carbocycles. The molecule has 16 heavy (non-hydrogen) atoms. The zero-order valence-corrected chi connectivity index (χ0v) is 9.16. The lowest BCUT2D eigenvalue weighted by Gasteiger charge is -2.14. The van der Waals surface area contributed by atoms with E-state index in [-0.39, 0.29) is 28.0 Å². The maximum Gasteiger partial charge on any atom is 0.336 e. The molecule has 3 N–H and O–H groups in total. The summed E-state index contributed by atoms with van der Waals surface area (Å²) in [7, 11) is 0. The highest BCUT2D eigenvalue weighted by Crippen LogP contribution is 2.31. The third-order valence-electron chi connectivity index (χ3n) is 2.70. The van der Waals surface area contributed by atoms with Crippen molar-refractivity contribution in [3.8, 4) is 5.75 Å². The minimum Gasteiger partial charge on any atom is -0.507 e. The summed E-state index contributed by atoms with van der Waals surface area (Å²) in [4.78, 5) is 22.0. The van der Waals surface area contributed by atoms with Gasteiger partial charge in [0.15, 0.2) is 0 Å². The zero-order chi connectivity index (χ0) is 12.6. The number of carboxylic acid groups (broad SMARTS) is 2. The Morgan fingerprint density at radius 3 is 1.56 bits per heavy atom. The lowest BCUT2D eigenvalue weighted by molar-refractivity contribution is 0.0649. The molecular formula is C11H12O5. The van der Waals surface area contributed by atoms with Gasteiger partial charge in [-0.2, -0.15) is 0 Å². The van der Waals surface area contributed by atoms with Gasteiger partial charge in [0.1, 0.15) is 5.75 Å². The topological polar surface area (TPSA) is 94.8 Å². The normalized spacial score (nSPS) is 10.2. The minimum atomic E-state index is -1.35. The highest BCUT2D eigenvalue weighted by Gasteiger charge is 2.25. The van der Waals surface area contributed by atoms with Crippen molar-refractivity contribution < 1.29 is 24.9 Å². The van der Waals surface area contributed by atoms with Crippen molar-refractivity contribution in [2.24, 2.45) is 0 Å². The standard InChI is InChI=1S/C11H12O5/c1-4-5(2)9(12)6(3)8(11(15)16)7(4)10(13)14/h12H,1-3H3,(H,13,14)(H,15,16). The van der Waals surface area contributed by atoms with Crippen LogP contribution in [0.15, 0.2) is 0 Å². The first-order chi connectivity index (χ1) is 7.29. The monoisotopic (exact) mass is 224 g/mol. The number of hydrogen-bond donors (Lipinski definition) is 3. The van der Waals surface area contributed by atoms with Crippen molar-refractivity contribution in [3.05, 3.63) is 27.8 Å². The van der Waals surface area contributed by atoms with Crippen LogP contribution < -0.4 is 0 Å². The van der Waals surface area contributed by atoms with Gasteiger partial charge in [-0.25, -0.2) is 9.59 Å². The van der Waals surface area contributed by atoms with E-state index in [1.165, 1.54) is 13.8 Å². The van der Waals surface area contributed by atoms with Gasteiger partial charge in [-0.15, -0.1) is 0 Å². The molecule has 5 nitrogen and oxygen atoms in total. The Morgan fingerprint density at radius 2 is 1.19 bits per heavy atom. The number of phenolic OH excluding ortho intramolecular Hbond substituents is 1. The van der Waals surface area contributed by atoms with Gasteiger partial charge < -0.3 is 15.3 Å². The maximum atomic E-state index is 11.0. The van der Waals surface area contributed by atoms with E-state index >= 15 is 0 Å².